The molecule has 1 aromatic carbocycles. The monoisotopic (exact) mass is 260 g/mol. The molecule has 0 aliphatic carbocycles. The summed E-state index contributed by atoms with van der Waals surface area (Å²) in [7, 11) is 1.62. The second-order valence-corrected chi connectivity index (χ2v) is 3.53. The highest BCUT2D eigenvalue weighted by atomic mass is 35.5. The normalized spacial score (nSPS) is 11.5. The van der Waals surface area contributed by atoms with Crippen LogP contribution in [0.1, 0.15) is 24.9 Å². The van der Waals surface area contributed by atoms with Crippen molar-refractivity contribution in [3.8, 4) is 11.5 Å². The van der Waals surface area contributed by atoms with E-state index in [-0.39, 0.29) is 18.4 Å². The van der Waals surface area contributed by atoms with Gasteiger partial charge < -0.3 is 20.9 Å². The Hall–Kier alpha value is -0.970. The summed E-state index contributed by atoms with van der Waals surface area (Å²) >= 11 is 0. The van der Waals surface area contributed by atoms with Gasteiger partial charge in [0.25, 0.3) is 0 Å². The third-order valence-corrected chi connectivity index (χ3v) is 2.39. The van der Waals surface area contributed by atoms with Crippen molar-refractivity contribution in [1.82, 2.24) is 0 Å². The molecular weight excluding hydrogens is 240 g/mol. The molecule has 4 N–H and O–H groups in total. The molecule has 0 aliphatic heterocycles. The zero-order valence-corrected chi connectivity index (χ0v) is 11.1. The van der Waals surface area contributed by atoms with Crippen LogP contribution in [0.4, 0.5) is 0 Å². The number of hydrogen-bond donors (Lipinski definition) is 2. The van der Waals surface area contributed by atoms with Crippen LogP contribution < -0.4 is 20.9 Å². The van der Waals surface area contributed by atoms with Gasteiger partial charge in [-0.15, -0.1) is 12.4 Å². The Morgan fingerprint density at radius 3 is 2.53 bits per heavy atom. The van der Waals surface area contributed by atoms with Gasteiger partial charge in [-0.1, -0.05) is 6.07 Å². The van der Waals surface area contributed by atoms with Gasteiger partial charge in [-0.25, -0.2) is 0 Å². The fourth-order valence-electron chi connectivity index (χ4n) is 1.54. The number of rotatable bonds is 6. The van der Waals surface area contributed by atoms with Crippen LogP contribution in [-0.4, -0.2) is 20.3 Å². The zero-order valence-electron chi connectivity index (χ0n) is 10.3. The van der Waals surface area contributed by atoms with Crippen LogP contribution in [0, 0.1) is 0 Å². The first kappa shape index (κ1) is 16.0. The van der Waals surface area contributed by atoms with Crippen LogP contribution in [0.5, 0.6) is 11.5 Å². The maximum Gasteiger partial charge on any atom is 0.161 e. The van der Waals surface area contributed by atoms with Crippen molar-refractivity contribution in [2.75, 3.05) is 20.3 Å². The molecule has 0 fully saturated rings. The molecule has 4 nitrogen and oxygen atoms in total. The molecule has 0 unspecified atom stereocenters. The molecule has 0 radical (unpaired) electrons. The molecule has 17 heavy (non-hydrogen) atoms. The largest absolute Gasteiger partial charge is 0.493 e. The van der Waals surface area contributed by atoms with Gasteiger partial charge >= 0.3 is 0 Å². The molecule has 5 heteroatoms. The molecular formula is C12H21ClN2O2. The molecule has 1 rings (SSSR count). The van der Waals surface area contributed by atoms with Crippen LogP contribution in [0.3, 0.4) is 0 Å². The molecule has 1 atom stereocenters. The second kappa shape index (κ2) is 8.17. The minimum absolute atomic E-state index is 0. The summed E-state index contributed by atoms with van der Waals surface area (Å²) in [6.07, 6.45) is 0.762. The lowest BCUT2D eigenvalue weighted by Crippen LogP contribution is -2.15. The van der Waals surface area contributed by atoms with Gasteiger partial charge in [-0.2, -0.15) is 0 Å². The Bertz CT molecular complexity index is 334. The lowest BCUT2D eigenvalue weighted by molar-refractivity contribution is 0.310. The molecule has 98 valence electrons. The van der Waals surface area contributed by atoms with E-state index in [9.17, 15) is 0 Å². The first-order chi connectivity index (χ1) is 7.72. The highest BCUT2D eigenvalue weighted by molar-refractivity contribution is 5.85. The standard InChI is InChI=1S/C12H20N2O2.ClH/c1-3-16-12-8-9(10(14)6-7-13)4-5-11(12)15-2;/h4-5,8,10H,3,6-7,13-14H2,1-2H3;1H/t10-;/m1./s1. The summed E-state index contributed by atoms with van der Waals surface area (Å²) in [6, 6.07) is 5.69. The fourth-order valence-corrected chi connectivity index (χ4v) is 1.54. The Kier molecular flexibility index (Phi) is 7.70. The molecule has 0 aliphatic rings. The van der Waals surface area contributed by atoms with Crippen molar-refractivity contribution in [2.45, 2.75) is 19.4 Å². The van der Waals surface area contributed by atoms with Gasteiger partial charge in [-0.05, 0) is 37.6 Å². The minimum Gasteiger partial charge on any atom is -0.493 e. The van der Waals surface area contributed by atoms with Gasteiger partial charge in [0.05, 0.1) is 13.7 Å². The summed E-state index contributed by atoms with van der Waals surface area (Å²) in [5.41, 5.74) is 12.5. The van der Waals surface area contributed by atoms with Crippen molar-refractivity contribution in [1.29, 1.82) is 0 Å². The number of nitrogens with two attached hydrogens (primary N) is 2. The minimum atomic E-state index is -0.0462. The second-order valence-electron chi connectivity index (χ2n) is 3.53. The van der Waals surface area contributed by atoms with E-state index in [1.807, 2.05) is 25.1 Å². The highest BCUT2D eigenvalue weighted by Gasteiger charge is 2.10. The van der Waals surface area contributed by atoms with E-state index < -0.39 is 0 Å². The van der Waals surface area contributed by atoms with Crippen molar-refractivity contribution < 1.29 is 9.47 Å². The average molecular weight is 261 g/mol. The van der Waals surface area contributed by atoms with Gasteiger partial charge in [0.2, 0.25) is 0 Å². The maximum absolute atomic E-state index is 5.99. The first-order valence-electron chi connectivity index (χ1n) is 5.49. The molecule has 0 saturated heterocycles. The van der Waals surface area contributed by atoms with E-state index in [1.54, 1.807) is 7.11 Å². The van der Waals surface area contributed by atoms with Crippen LogP contribution in [-0.2, 0) is 0 Å². The van der Waals surface area contributed by atoms with Gasteiger partial charge in [0.15, 0.2) is 11.5 Å². The number of methoxy groups -OCH3 is 1. The van der Waals surface area contributed by atoms with Gasteiger partial charge in [-0.3, -0.25) is 0 Å². The van der Waals surface area contributed by atoms with Gasteiger partial charge in [0, 0.05) is 6.04 Å². The fraction of sp³-hybridized carbons (Fsp3) is 0.500. The average Bonchev–Trinajstić information content (AvgIpc) is 2.29. The smallest absolute Gasteiger partial charge is 0.161 e. The number of benzene rings is 1. The van der Waals surface area contributed by atoms with E-state index in [0.717, 1.165) is 23.5 Å². The molecule has 1 aromatic rings. The quantitative estimate of drug-likeness (QED) is 0.819. The Morgan fingerprint density at radius 1 is 1.29 bits per heavy atom. The predicted molar refractivity (Wildman–Crippen MR) is 72.0 cm³/mol. The summed E-state index contributed by atoms with van der Waals surface area (Å²) in [6.45, 7) is 3.12. The van der Waals surface area contributed by atoms with E-state index in [1.165, 1.54) is 0 Å². The number of hydrogen-bond acceptors (Lipinski definition) is 4. The van der Waals surface area contributed by atoms with Crippen LogP contribution in [0.15, 0.2) is 18.2 Å². The Morgan fingerprint density at radius 2 is 2.00 bits per heavy atom. The van der Waals surface area contributed by atoms with E-state index in [2.05, 4.69) is 0 Å². The molecule has 0 amide bonds. The van der Waals surface area contributed by atoms with Gasteiger partial charge in [0.1, 0.15) is 0 Å². The summed E-state index contributed by atoms with van der Waals surface area (Å²) in [4.78, 5) is 0. The Balaban J connectivity index is 0.00000256. The molecule has 0 saturated carbocycles. The predicted octanol–water partition coefficient (Wildman–Crippen LogP) is 1.86. The summed E-state index contributed by atoms with van der Waals surface area (Å²) < 4.78 is 10.7. The van der Waals surface area contributed by atoms with Crippen molar-refractivity contribution in [2.24, 2.45) is 11.5 Å². The van der Waals surface area contributed by atoms with Crippen molar-refractivity contribution >= 4 is 12.4 Å². The molecule has 0 aromatic heterocycles. The molecule has 0 heterocycles. The summed E-state index contributed by atoms with van der Waals surface area (Å²) in [5, 5.41) is 0. The first-order valence-corrected chi connectivity index (χ1v) is 5.49. The molecule has 0 bridgehead atoms. The Labute approximate surface area is 109 Å². The summed E-state index contributed by atoms with van der Waals surface area (Å²) in [5.74, 6) is 1.46. The lowest BCUT2D eigenvalue weighted by atomic mass is 10.0. The van der Waals surface area contributed by atoms with Crippen molar-refractivity contribution in [3.63, 3.8) is 0 Å². The topological polar surface area (TPSA) is 70.5 Å². The van der Waals surface area contributed by atoms with Crippen LogP contribution in [0.2, 0.25) is 0 Å². The number of halogens is 1. The maximum atomic E-state index is 5.99. The molecule has 0 spiro atoms. The van der Waals surface area contributed by atoms with E-state index in [4.69, 9.17) is 20.9 Å². The lowest BCUT2D eigenvalue weighted by Gasteiger charge is -2.14. The van der Waals surface area contributed by atoms with Crippen molar-refractivity contribution in [3.05, 3.63) is 23.8 Å². The third-order valence-electron chi connectivity index (χ3n) is 2.39. The van der Waals surface area contributed by atoms with Crippen LogP contribution in [0.25, 0.3) is 0 Å². The SMILES string of the molecule is CCOc1cc([C@H](N)CCN)ccc1OC.Cl. The number of ether oxygens (including phenoxy) is 2. The van der Waals surface area contributed by atoms with E-state index in [0.29, 0.717) is 13.2 Å². The van der Waals surface area contributed by atoms with Crippen LogP contribution >= 0.6 is 12.4 Å². The highest BCUT2D eigenvalue weighted by Crippen LogP contribution is 2.30. The zero-order chi connectivity index (χ0) is 12.0. The third kappa shape index (κ3) is 4.42. The van der Waals surface area contributed by atoms with E-state index >= 15 is 0 Å².